The van der Waals surface area contributed by atoms with Crippen LogP contribution >= 0.6 is 0 Å². The van der Waals surface area contributed by atoms with E-state index in [1.54, 1.807) is 0 Å². The van der Waals surface area contributed by atoms with Crippen LogP contribution in [0.1, 0.15) is 20.3 Å². The van der Waals surface area contributed by atoms with E-state index in [9.17, 15) is 0 Å². The zero-order chi connectivity index (χ0) is 6.57. The lowest BCUT2D eigenvalue weighted by Gasteiger charge is -2.09. The highest BCUT2D eigenvalue weighted by molar-refractivity contribution is 4.58. The van der Waals surface area contributed by atoms with E-state index in [0.29, 0.717) is 5.92 Å². The molecule has 0 spiro atoms. The average Bonchev–Trinajstić information content (AvgIpc) is 1.65. The standard InChI is InChI=1S/C6H15NO/c1-5(4-8)3-6(2)7/h5-6,8H,3-4,7H2,1-2H3/t5-,6?/m1/s1. The molecule has 0 aromatic rings. The van der Waals surface area contributed by atoms with Crippen molar-refractivity contribution in [3.8, 4) is 0 Å². The molecule has 0 aromatic carbocycles. The van der Waals surface area contributed by atoms with Crippen molar-refractivity contribution in [3.05, 3.63) is 0 Å². The minimum absolute atomic E-state index is 0.220. The Bertz CT molecular complexity index is 54.5. The van der Waals surface area contributed by atoms with E-state index in [1.165, 1.54) is 0 Å². The van der Waals surface area contributed by atoms with Crippen LogP contribution in [0.5, 0.6) is 0 Å². The van der Waals surface area contributed by atoms with Crippen molar-refractivity contribution in [1.82, 2.24) is 0 Å². The molecule has 50 valence electrons. The Morgan fingerprint density at radius 3 is 2.12 bits per heavy atom. The topological polar surface area (TPSA) is 46.2 Å². The summed E-state index contributed by atoms with van der Waals surface area (Å²) in [6.07, 6.45) is 0.913. The Labute approximate surface area is 50.7 Å². The van der Waals surface area contributed by atoms with E-state index in [4.69, 9.17) is 10.8 Å². The lowest BCUT2D eigenvalue weighted by atomic mass is 10.1. The van der Waals surface area contributed by atoms with Crippen LogP contribution in [0.15, 0.2) is 0 Å². The summed E-state index contributed by atoms with van der Waals surface area (Å²) in [6, 6.07) is 0.220. The summed E-state index contributed by atoms with van der Waals surface area (Å²) in [5, 5.41) is 8.53. The summed E-state index contributed by atoms with van der Waals surface area (Å²) in [5.74, 6) is 0.356. The van der Waals surface area contributed by atoms with E-state index in [2.05, 4.69) is 0 Å². The number of nitrogens with two attached hydrogens (primary N) is 1. The Kier molecular flexibility index (Phi) is 3.83. The predicted octanol–water partition coefficient (Wildman–Crippen LogP) is 0.352. The van der Waals surface area contributed by atoms with Crippen molar-refractivity contribution in [2.24, 2.45) is 11.7 Å². The molecule has 2 nitrogen and oxygen atoms in total. The van der Waals surface area contributed by atoms with Crippen molar-refractivity contribution in [2.75, 3.05) is 6.61 Å². The van der Waals surface area contributed by atoms with Crippen molar-refractivity contribution >= 4 is 0 Å². The van der Waals surface area contributed by atoms with Crippen LogP contribution in [0.25, 0.3) is 0 Å². The monoisotopic (exact) mass is 117 g/mol. The molecule has 1 unspecified atom stereocenters. The van der Waals surface area contributed by atoms with Crippen LogP contribution in [0.2, 0.25) is 0 Å². The van der Waals surface area contributed by atoms with Gasteiger partial charge in [0.05, 0.1) is 0 Å². The summed E-state index contributed by atoms with van der Waals surface area (Å²) >= 11 is 0. The fraction of sp³-hybridized carbons (Fsp3) is 1.00. The number of hydrogen-bond acceptors (Lipinski definition) is 2. The maximum atomic E-state index is 8.53. The number of hydrogen-bond donors (Lipinski definition) is 2. The first kappa shape index (κ1) is 7.92. The minimum atomic E-state index is 0.220. The van der Waals surface area contributed by atoms with Gasteiger partial charge in [-0.1, -0.05) is 6.92 Å². The van der Waals surface area contributed by atoms with Gasteiger partial charge in [0.2, 0.25) is 0 Å². The van der Waals surface area contributed by atoms with Gasteiger partial charge in [0.1, 0.15) is 0 Å². The Hall–Kier alpha value is -0.0800. The van der Waals surface area contributed by atoms with Gasteiger partial charge in [0.15, 0.2) is 0 Å². The van der Waals surface area contributed by atoms with Gasteiger partial charge in [0, 0.05) is 12.6 Å². The molecule has 0 saturated carbocycles. The van der Waals surface area contributed by atoms with Gasteiger partial charge in [-0.3, -0.25) is 0 Å². The fourth-order valence-corrected chi connectivity index (χ4v) is 0.709. The molecule has 2 heteroatoms. The molecule has 0 bridgehead atoms. The normalized spacial score (nSPS) is 18.0. The maximum absolute atomic E-state index is 8.53. The van der Waals surface area contributed by atoms with Crippen molar-refractivity contribution in [2.45, 2.75) is 26.3 Å². The summed E-state index contributed by atoms with van der Waals surface area (Å²) in [7, 11) is 0. The Morgan fingerprint density at radius 2 is 2.00 bits per heavy atom. The van der Waals surface area contributed by atoms with E-state index < -0.39 is 0 Å². The van der Waals surface area contributed by atoms with Crippen molar-refractivity contribution in [3.63, 3.8) is 0 Å². The third kappa shape index (κ3) is 4.09. The maximum Gasteiger partial charge on any atom is 0.0457 e. The largest absolute Gasteiger partial charge is 0.396 e. The van der Waals surface area contributed by atoms with Gasteiger partial charge in [-0.2, -0.15) is 0 Å². The van der Waals surface area contributed by atoms with Crippen LogP contribution in [0, 0.1) is 5.92 Å². The molecule has 0 amide bonds. The first-order chi connectivity index (χ1) is 3.66. The molecular formula is C6H15NO. The molecule has 8 heavy (non-hydrogen) atoms. The molecule has 0 fully saturated rings. The molecule has 0 aliphatic heterocycles. The van der Waals surface area contributed by atoms with Crippen LogP contribution in [-0.2, 0) is 0 Å². The van der Waals surface area contributed by atoms with Crippen LogP contribution < -0.4 is 5.73 Å². The van der Waals surface area contributed by atoms with Gasteiger partial charge in [-0.15, -0.1) is 0 Å². The molecule has 0 rings (SSSR count). The summed E-state index contributed by atoms with van der Waals surface area (Å²) in [6.45, 7) is 4.19. The molecule has 0 heterocycles. The third-order valence-corrected chi connectivity index (χ3v) is 1.09. The van der Waals surface area contributed by atoms with Gasteiger partial charge in [-0.05, 0) is 19.3 Å². The van der Waals surface area contributed by atoms with E-state index >= 15 is 0 Å². The molecule has 0 radical (unpaired) electrons. The summed E-state index contributed by atoms with van der Waals surface area (Å²) in [4.78, 5) is 0. The minimum Gasteiger partial charge on any atom is -0.396 e. The number of aliphatic hydroxyl groups excluding tert-OH is 1. The Morgan fingerprint density at radius 1 is 1.50 bits per heavy atom. The van der Waals surface area contributed by atoms with Crippen molar-refractivity contribution < 1.29 is 5.11 Å². The predicted molar refractivity (Wildman–Crippen MR) is 34.5 cm³/mol. The number of rotatable bonds is 3. The molecule has 0 aliphatic carbocycles. The first-order valence-electron chi connectivity index (χ1n) is 3.03. The first-order valence-corrected chi connectivity index (χ1v) is 3.03. The quantitative estimate of drug-likeness (QED) is 0.560. The fourth-order valence-electron chi connectivity index (χ4n) is 0.709. The molecular weight excluding hydrogens is 102 g/mol. The molecule has 0 aromatic heterocycles. The van der Waals surface area contributed by atoms with E-state index in [0.717, 1.165) is 6.42 Å². The summed E-state index contributed by atoms with van der Waals surface area (Å²) < 4.78 is 0. The smallest absolute Gasteiger partial charge is 0.0457 e. The molecule has 3 N–H and O–H groups in total. The highest BCUT2D eigenvalue weighted by Gasteiger charge is 2.01. The van der Waals surface area contributed by atoms with E-state index in [-0.39, 0.29) is 12.6 Å². The van der Waals surface area contributed by atoms with Gasteiger partial charge < -0.3 is 10.8 Å². The zero-order valence-corrected chi connectivity index (χ0v) is 5.59. The van der Waals surface area contributed by atoms with Gasteiger partial charge >= 0.3 is 0 Å². The number of aliphatic hydroxyl groups is 1. The Balaban J connectivity index is 3.10. The molecule has 2 atom stereocenters. The van der Waals surface area contributed by atoms with Crippen molar-refractivity contribution in [1.29, 1.82) is 0 Å². The second-order valence-corrected chi connectivity index (χ2v) is 2.50. The molecule has 0 aliphatic rings. The third-order valence-electron chi connectivity index (χ3n) is 1.09. The van der Waals surface area contributed by atoms with E-state index in [1.807, 2.05) is 13.8 Å². The average molecular weight is 117 g/mol. The lowest BCUT2D eigenvalue weighted by Crippen LogP contribution is -2.19. The highest BCUT2D eigenvalue weighted by Crippen LogP contribution is 2.01. The van der Waals surface area contributed by atoms with Gasteiger partial charge in [0.25, 0.3) is 0 Å². The highest BCUT2D eigenvalue weighted by atomic mass is 16.3. The SMILES string of the molecule is CC(N)C[C@@H](C)CO. The lowest BCUT2D eigenvalue weighted by molar-refractivity contribution is 0.225. The second kappa shape index (κ2) is 3.87. The molecule has 0 saturated heterocycles. The van der Waals surface area contributed by atoms with Crippen LogP contribution in [-0.4, -0.2) is 17.8 Å². The second-order valence-electron chi connectivity index (χ2n) is 2.50. The van der Waals surface area contributed by atoms with Crippen LogP contribution in [0.4, 0.5) is 0 Å². The zero-order valence-electron chi connectivity index (χ0n) is 5.59. The van der Waals surface area contributed by atoms with Crippen LogP contribution in [0.3, 0.4) is 0 Å². The van der Waals surface area contributed by atoms with Gasteiger partial charge in [-0.25, -0.2) is 0 Å². The summed E-state index contributed by atoms with van der Waals surface area (Å²) in [5.41, 5.74) is 5.46.